The van der Waals surface area contributed by atoms with Gasteiger partial charge in [-0.15, -0.1) is 0 Å². The molecule has 1 amide bonds. The van der Waals surface area contributed by atoms with E-state index in [2.05, 4.69) is 28.5 Å². The van der Waals surface area contributed by atoms with Crippen LogP contribution in [0.2, 0.25) is 5.02 Å². The van der Waals surface area contributed by atoms with Crippen LogP contribution in [-0.4, -0.2) is 38.4 Å². The number of benzene rings is 1. The average molecular weight is 483 g/mol. The van der Waals surface area contributed by atoms with Crippen molar-refractivity contribution < 1.29 is 13.9 Å². The number of nitrogens with zero attached hydrogens (tertiary/aromatic N) is 4. The second kappa shape index (κ2) is 11.7. The van der Waals surface area contributed by atoms with E-state index in [1.54, 1.807) is 41.6 Å². The van der Waals surface area contributed by atoms with Gasteiger partial charge in [-0.25, -0.2) is 19.3 Å². The van der Waals surface area contributed by atoms with Crippen LogP contribution >= 0.6 is 11.6 Å². The quantitative estimate of drug-likeness (QED) is 0.344. The van der Waals surface area contributed by atoms with Crippen molar-refractivity contribution >= 4 is 17.5 Å². The van der Waals surface area contributed by atoms with Gasteiger partial charge in [-0.3, -0.25) is 4.79 Å². The van der Waals surface area contributed by atoms with E-state index in [9.17, 15) is 9.18 Å². The SMILES string of the molecule is C=C(C(CCC)COc1ccc(F)cn1)N(C(=O)c1cc(Cl)ccc1-c1ncccn1)C(C)C. The molecule has 1 atom stereocenters. The fourth-order valence-corrected chi connectivity index (χ4v) is 3.85. The Bertz CT molecular complexity index is 1120. The highest BCUT2D eigenvalue weighted by atomic mass is 35.5. The molecule has 0 fully saturated rings. The summed E-state index contributed by atoms with van der Waals surface area (Å²) in [6, 6.07) is 9.40. The molecule has 34 heavy (non-hydrogen) atoms. The highest BCUT2D eigenvalue weighted by Crippen LogP contribution is 2.30. The van der Waals surface area contributed by atoms with Crippen molar-refractivity contribution in [2.45, 2.75) is 39.7 Å². The molecule has 0 radical (unpaired) electrons. The first-order valence-corrected chi connectivity index (χ1v) is 11.5. The summed E-state index contributed by atoms with van der Waals surface area (Å²) in [5, 5.41) is 0.438. The lowest BCUT2D eigenvalue weighted by Gasteiger charge is -2.33. The molecule has 6 nitrogen and oxygen atoms in total. The lowest BCUT2D eigenvalue weighted by atomic mass is 9.97. The Labute approximate surface area is 204 Å². The van der Waals surface area contributed by atoms with Gasteiger partial charge < -0.3 is 9.64 Å². The Hall–Kier alpha value is -3.32. The van der Waals surface area contributed by atoms with E-state index in [4.69, 9.17) is 16.3 Å². The molecule has 0 aliphatic rings. The van der Waals surface area contributed by atoms with Crippen LogP contribution in [0.3, 0.4) is 0 Å². The van der Waals surface area contributed by atoms with Crippen LogP contribution in [-0.2, 0) is 0 Å². The summed E-state index contributed by atoms with van der Waals surface area (Å²) in [6.45, 7) is 10.4. The maximum absolute atomic E-state index is 13.9. The lowest BCUT2D eigenvalue weighted by molar-refractivity contribution is 0.0735. The van der Waals surface area contributed by atoms with Crippen molar-refractivity contribution in [2.24, 2.45) is 5.92 Å². The second-order valence-electron chi connectivity index (χ2n) is 8.13. The molecular weight excluding hydrogens is 455 g/mol. The minimum atomic E-state index is -0.432. The van der Waals surface area contributed by atoms with E-state index in [-0.39, 0.29) is 24.5 Å². The molecule has 2 aromatic heterocycles. The fraction of sp³-hybridized carbons (Fsp3) is 0.308. The van der Waals surface area contributed by atoms with Gasteiger partial charge in [0, 0.05) is 46.7 Å². The Balaban J connectivity index is 1.90. The van der Waals surface area contributed by atoms with E-state index >= 15 is 0 Å². The van der Waals surface area contributed by atoms with Crippen LogP contribution in [0.4, 0.5) is 4.39 Å². The van der Waals surface area contributed by atoms with Crippen LogP contribution in [0.5, 0.6) is 5.88 Å². The third kappa shape index (κ3) is 6.17. The summed E-state index contributed by atoms with van der Waals surface area (Å²) in [4.78, 5) is 28.1. The molecule has 0 aliphatic heterocycles. The van der Waals surface area contributed by atoms with Crippen LogP contribution in [0.1, 0.15) is 44.0 Å². The maximum Gasteiger partial charge on any atom is 0.259 e. The number of hydrogen-bond acceptors (Lipinski definition) is 5. The van der Waals surface area contributed by atoms with Crippen molar-refractivity contribution in [3.63, 3.8) is 0 Å². The average Bonchev–Trinajstić information content (AvgIpc) is 2.83. The van der Waals surface area contributed by atoms with E-state index in [0.717, 1.165) is 19.0 Å². The molecule has 1 unspecified atom stereocenters. The molecule has 0 bridgehead atoms. The summed E-state index contributed by atoms with van der Waals surface area (Å²) in [7, 11) is 0. The zero-order valence-corrected chi connectivity index (χ0v) is 20.3. The van der Waals surface area contributed by atoms with Crippen molar-refractivity contribution in [3.05, 3.63) is 83.7 Å². The molecule has 0 spiro atoms. The Morgan fingerprint density at radius 2 is 1.91 bits per heavy atom. The largest absolute Gasteiger partial charge is 0.477 e. The molecule has 0 N–H and O–H groups in total. The number of carbonyl (C=O) groups excluding carboxylic acids is 1. The van der Waals surface area contributed by atoms with Gasteiger partial charge in [0.25, 0.3) is 5.91 Å². The van der Waals surface area contributed by atoms with Gasteiger partial charge in [0.2, 0.25) is 5.88 Å². The smallest absolute Gasteiger partial charge is 0.259 e. The van der Waals surface area contributed by atoms with Gasteiger partial charge in [0.05, 0.1) is 18.4 Å². The van der Waals surface area contributed by atoms with E-state index in [1.807, 2.05) is 13.8 Å². The van der Waals surface area contributed by atoms with Gasteiger partial charge in [-0.1, -0.05) is 31.5 Å². The van der Waals surface area contributed by atoms with E-state index < -0.39 is 5.82 Å². The first-order valence-electron chi connectivity index (χ1n) is 11.2. The summed E-state index contributed by atoms with van der Waals surface area (Å²) in [6.07, 6.45) is 5.98. The van der Waals surface area contributed by atoms with Crippen molar-refractivity contribution in [1.82, 2.24) is 19.9 Å². The van der Waals surface area contributed by atoms with Crippen LogP contribution < -0.4 is 4.74 Å². The Morgan fingerprint density at radius 3 is 2.53 bits per heavy atom. The van der Waals surface area contributed by atoms with E-state index in [1.165, 1.54) is 12.1 Å². The molecule has 0 saturated carbocycles. The van der Waals surface area contributed by atoms with E-state index in [0.29, 0.717) is 33.6 Å². The monoisotopic (exact) mass is 482 g/mol. The van der Waals surface area contributed by atoms with Crippen molar-refractivity contribution in [2.75, 3.05) is 6.61 Å². The number of hydrogen-bond donors (Lipinski definition) is 0. The van der Waals surface area contributed by atoms with Gasteiger partial charge in [-0.2, -0.15) is 0 Å². The molecule has 0 aliphatic carbocycles. The van der Waals surface area contributed by atoms with Crippen LogP contribution in [0, 0.1) is 11.7 Å². The zero-order valence-electron chi connectivity index (χ0n) is 19.5. The Kier molecular flexibility index (Phi) is 8.71. The maximum atomic E-state index is 13.9. The molecule has 178 valence electrons. The van der Waals surface area contributed by atoms with Gasteiger partial charge >= 0.3 is 0 Å². The number of rotatable bonds is 10. The first kappa shape index (κ1) is 25.3. The van der Waals surface area contributed by atoms with Gasteiger partial charge in [0.15, 0.2) is 5.82 Å². The second-order valence-corrected chi connectivity index (χ2v) is 8.57. The highest BCUT2D eigenvalue weighted by Gasteiger charge is 2.29. The molecule has 8 heteroatoms. The normalized spacial score (nSPS) is 11.8. The summed E-state index contributed by atoms with van der Waals surface area (Å²) in [5.74, 6) is -0.0771. The minimum Gasteiger partial charge on any atom is -0.477 e. The predicted octanol–water partition coefficient (Wildman–Crippen LogP) is 6.19. The fourth-order valence-electron chi connectivity index (χ4n) is 3.68. The first-order chi connectivity index (χ1) is 16.3. The molecule has 0 saturated heterocycles. The number of halogens is 2. The van der Waals surface area contributed by atoms with Gasteiger partial charge in [-0.05, 0) is 50.6 Å². The number of ether oxygens (including phenoxy) is 1. The lowest BCUT2D eigenvalue weighted by Crippen LogP contribution is -2.39. The summed E-state index contributed by atoms with van der Waals surface area (Å²) < 4.78 is 19.0. The predicted molar refractivity (Wildman–Crippen MR) is 131 cm³/mol. The third-order valence-electron chi connectivity index (χ3n) is 5.30. The highest BCUT2D eigenvalue weighted by molar-refractivity contribution is 6.31. The molecular formula is C26H28ClFN4O2. The van der Waals surface area contributed by atoms with Crippen LogP contribution in [0.25, 0.3) is 11.4 Å². The van der Waals surface area contributed by atoms with Crippen LogP contribution in [0.15, 0.2) is 67.3 Å². The summed E-state index contributed by atoms with van der Waals surface area (Å²) in [5.41, 5.74) is 1.61. The molecule has 2 heterocycles. The molecule has 1 aromatic carbocycles. The van der Waals surface area contributed by atoms with Gasteiger partial charge in [0.1, 0.15) is 5.82 Å². The topological polar surface area (TPSA) is 68.2 Å². The molecule has 3 aromatic rings. The standard InChI is InChI=1S/C26H28ClFN4O2/c1-5-7-19(16-34-24-11-9-21(28)15-31-24)18(4)32(17(2)3)26(33)23-14-20(27)8-10-22(23)25-29-12-6-13-30-25/h6,8-15,17,19H,4-5,7,16H2,1-3H3. The number of amides is 1. The summed E-state index contributed by atoms with van der Waals surface area (Å²) >= 11 is 6.27. The number of carbonyl (C=O) groups is 1. The zero-order chi connectivity index (χ0) is 24.7. The van der Waals surface area contributed by atoms with Crippen molar-refractivity contribution in [3.8, 4) is 17.3 Å². The number of aromatic nitrogens is 3. The minimum absolute atomic E-state index is 0.154. The molecule has 3 rings (SSSR count). The van der Waals surface area contributed by atoms with Crippen molar-refractivity contribution in [1.29, 1.82) is 0 Å². The Morgan fingerprint density at radius 1 is 1.18 bits per heavy atom. The third-order valence-corrected chi connectivity index (χ3v) is 5.54. The number of pyridine rings is 1.